The largest absolute Gasteiger partial charge is 0.384 e. The van der Waals surface area contributed by atoms with Gasteiger partial charge in [0.05, 0.1) is 5.75 Å². The van der Waals surface area contributed by atoms with Gasteiger partial charge in [0.2, 0.25) is 5.13 Å². The van der Waals surface area contributed by atoms with E-state index in [9.17, 15) is 14.4 Å². The number of nitrogens with zero attached hydrogens (tertiary/aromatic N) is 3. The lowest BCUT2D eigenvalue weighted by molar-refractivity contribution is 0.102. The van der Waals surface area contributed by atoms with E-state index < -0.39 is 17.0 Å². The fourth-order valence-electron chi connectivity index (χ4n) is 3.13. The number of rotatable bonds is 9. The van der Waals surface area contributed by atoms with Crippen molar-refractivity contribution >= 4 is 45.5 Å². The molecule has 0 aliphatic rings. The van der Waals surface area contributed by atoms with Crippen LogP contribution in [0.3, 0.4) is 0 Å². The van der Waals surface area contributed by atoms with Gasteiger partial charge < -0.3 is 11.1 Å². The molecule has 2 heterocycles. The number of H-pyrrole nitrogens is 1. The number of aromatic amines is 1. The molecule has 1 aromatic carbocycles. The Morgan fingerprint density at radius 1 is 1.29 bits per heavy atom. The molecule has 0 aliphatic heterocycles. The number of para-hydroxylation sites is 1. The van der Waals surface area contributed by atoms with Crippen molar-refractivity contribution in [3.63, 3.8) is 0 Å². The molecule has 0 unspecified atom stereocenters. The van der Waals surface area contributed by atoms with Gasteiger partial charge in [-0.05, 0) is 30.9 Å². The molecule has 0 radical (unpaired) electrons. The molecule has 3 aromatic rings. The minimum absolute atomic E-state index is 0.0448. The second kappa shape index (κ2) is 9.92. The zero-order chi connectivity index (χ0) is 22.5. The molecular formula is C20H24N6O3S2. The summed E-state index contributed by atoms with van der Waals surface area (Å²) < 4.78 is 1.79. The summed E-state index contributed by atoms with van der Waals surface area (Å²) in [6.45, 7) is 6.30. The minimum Gasteiger partial charge on any atom is -0.384 e. The van der Waals surface area contributed by atoms with Crippen molar-refractivity contribution in [3.05, 3.63) is 55.7 Å². The predicted octanol–water partition coefficient (Wildman–Crippen LogP) is 2.97. The first-order valence-corrected chi connectivity index (χ1v) is 11.6. The van der Waals surface area contributed by atoms with Crippen LogP contribution in [0.15, 0.2) is 32.1 Å². The normalized spacial score (nSPS) is 10.9. The number of aryl methyl sites for hydroxylation is 2. The van der Waals surface area contributed by atoms with E-state index in [0.717, 1.165) is 17.7 Å². The Hall–Kier alpha value is -2.92. The van der Waals surface area contributed by atoms with Gasteiger partial charge in [-0.25, -0.2) is 4.79 Å². The van der Waals surface area contributed by atoms with E-state index >= 15 is 0 Å². The number of Topliss-reactive ketones (excluding diaryl/α,β-unsaturated/α-hetero) is 1. The molecular weight excluding hydrogens is 436 g/mol. The van der Waals surface area contributed by atoms with Crippen LogP contribution in [-0.2, 0) is 13.0 Å². The monoisotopic (exact) mass is 460 g/mol. The summed E-state index contributed by atoms with van der Waals surface area (Å²) in [5.41, 5.74) is 7.66. The van der Waals surface area contributed by atoms with E-state index in [2.05, 4.69) is 33.5 Å². The zero-order valence-corrected chi connectivity index (χ0v) is 19.2. The molecule has 164 valence electrons. The summed E-state index contributed by atoms with van der Waals surface area (Å²) in [4.78, 5) is 38.9. The van der Waals surface area contributed by atoms with Crippen molar-refractivity contribution in [3.8, 4) is 0 Å². The van der Waals surface area contributed by atoms with Crippen LogP contribution in [0, 0.1) is 6.92 Å². The van der Waals surface area contributed by atoms with Crippen LogP contribution >= 0.6 is 23.1 Å². The van der Waals surface area contributed by atoms with Gasteiger partial charge in [0.1, 0.15) is 11.4 Å². The maximum Gasteiger partial charge on any atom is 0.329 e. The molecule has 9 nitrogen and oxygen atoms in total. The van der Waals surface area contributed by atoms with Crippen molar-refractivity contribution in [1.29, 1.82) is 0 Å². The van der Waals surface area contributed by atoms with Crippen LogP contribution in [-0.4, -0.2) is 31.3 Å². The Morgan fingerprint density at radius 2 is 2.06 bits per heavy atom. The van der Waals surface area contributed by atoms with Crippen molar-refractivity contribution in [2.24, 2.45) is 0 Å². The highest BCUT2D eigenvalue weighted by Crippen LogP contribution is 2.31. The molecule has 3 rings (SSSR count). The first kappa shape index (κ1) is 22.8. The maximum absolute atomic E-state index is 12.7. The Bertz CT molecular complexity index is 1210. The number of aromatic nitrogens is 4. The first-order chi connectivity index (χ1) is 14.8. The van der Waals surface area contributed by atoms with Crippen LogP contribution < -0.4 is 22.3 Å². The van der Waals surface area contributed by atoms with Gasteiger partial charge in [0.25, 0.3) is 5.56 Å². The average Bonchev–Trinajstić information content (AvgIpc) is 3.18. The third-order valence-electron chi connectivity index (χ3n) is 4.67. The third kappa shape index (κ3) is 5.05. The highest BCUT2D eigenvalue weighted by Gasteiger charge is 2.20. The van der Waals surface area contributed by atoms with Gasteiger partial charge in [0.15, 0.2) is 10.1 Å². The number of carbonyl (C=O) groups excluding carboxylic acids is 1. The number of hydrogen-bond acceptors (Lipinski definition) is 9. The lowest BCUT2D eigenvalue weighted by Gasteiger charge is -2.11. The van der Waals surface area contributed by atoms with E-state index in [1.807, 2.05) is 26.0 Å². The van der Waals surface area contributed by atoms with Crippen LogP contribution in [0.2, 0.25) is 0 Å². The summed E-state index contributed by atoms with van der Waals surface area (Å²) >= 11 is 2.49. The van der Waals surface area contributed by atoms with Crippen molar-refractivity contribution < 1.29 is 4.79 Å². The lowest BCUT2D eigenvalue weighted by Crippen LogP contribution is -2.36. The topological polar surface area (TPSA) is 136 Å². The summed E-state index contributed by atoms with van der Waals surface area (Å²) in [6.07, 6.45) is 1.52. The Labute approximate surface area is 187 Å². The summed E-state index contributed by atoms with van der Waals surface area (Å²) in [5, 5.41) is 12.2. The van der Waals surface area contributed by atoms with Gasteiger partial charge in [-0.15, -0.1) is 10.2 Å². The predicted molar refractivity (Wildman–Crippen MR) is 125 cm³/mol. The lowest BCUT2D eigenvalue weighted by atomic mass is 10.1. The fraction of sp³-hybridized carbons (Fsp3) is 0.350. The second-order valence-corrected chi connectivity index (χ2v) is 9.04. The smallest absolute Gasteiger partial charge is 0.329 e. The average molecular weight is 461 g/mol. The van der Waals surface area contributed by atoms with Gasteiger partial charge >= 0.3 is 5.69 Å². The molecule has 31 heavy (non-hydrogen) atoms. The SMILES string of the molecule is CCCn1c(N)c(C(=O)CSc2nnc(Nc3c(C)cccc3CC)s2)c(=O)[nH]c1=O. The molecule has 11 heteroatoms. The number of ketones is 1. The highest BCUT2D eigenvalue weighted by atomic mass is 32.2. The molecule has 0 bridgehead atoms. The van der Waals surface area contributed by atoms with E-state index in [1.54, 1.807) is 0 Å². The summed E-state index contributed by atoms with van der Waals surface area (Å²) in [6, 6.07) is 6.10. The molecule has 0 spiro atoms. The molecule has 2 aromatic heterocycles. The van der Waals surface area contributed by atoms with E-state index in [1.165, 1.54) is 33.2 Å². The second-order valence-electron chi connectivity index (χ2n) is 6.84. The van der Waals surface area contributed by atoms with E-state index in [4.69, 9.17) is 5.73 Å². The molecule has 0 atom stereocenters. The van der Waals surface area contributed by atoms with Gasteiger partial charge in [0, 0.05) is 12.2 Å². The summed E-state index contributed by atoms with van der Waals surface area (Å²) in [5.74, 6) is -0.616. The molecule has 4 N–H and O–H groups in total. The van der Waals surface area contributed by atoms with E-state index in [-0.39, 0.29) is 17.1 Å². The van der Waals surface area contributed by atoms with Crippen molar-refractivity contribution in [2.75, 3.05) is 16.8 Å². The Balaban J connectivity index is 1.73. The van der Waals surface area contributed by atoms with Crippen molar-refractivity contribution in [1.82, 2.24) is 19.7 Å². The minimum atomic E-state index is -0.772. The van der Waals surface area contributed by atoms with Crippen molar-refractivity contribution in [2.45, 2.75) is 44.5 Å². The van der Waals surface area contributed by atoms with Gasteiger partial charge in [-0.1, -0.05) is 55.1 Å². The maximum atomic E-state index is 12.7. The first-order valence-electron chi connectivity index (χ1n) is 9.83. The van der Waals surface area contributed by atoms with E-state index in [0.29, 0.717) is 22.4 Å². The van der Waals surface area contributed by atoms with Crippen LogP contribution in [0.1, 0.15) is 41.8 Å². The van der Waals surface area contributed by atoms with Crippen LogP contribution in [0.5, 0.6) is 0 Å². The number of nitrogen functional groups attached to an aromatic ring is 1. The fourth-order valence-corrected chi connectivity index (χ4v) is 4.76. The standard InChI is InChI=1S/C20H24N6O3S2/c1-4-9-26-16(21)14(17(28)23-19(26)29)13(27)10-30-20-25-24-18(31-20)22-15-11(3)7-6-8-12(15)5-2/h6-8H,4-5,9-10,21H2,1-3H3,(H,22,24)(H,23,28,29). The number of nitrogens with two attached hydrogens (primary N) is 1. The Morgan fingerprint density at radius 3 is 2.77 bits per heavy atom. The molecule has 0 amide bonds. The summed E-state index contributed by atoms with van der Waals surface area (Å²) in [7, 11) is 0. The van der Waals surface area contributed by atoms with Gasteiger partial charge in [-0.3, -0.25) is 19.1 Å². The quantitative estimate of drug-likeness (QED) is 0.327. The molecule has 0 fully saturated rings. The number of nitrogens with one attached hydrogen (secondary N) is 2. The number of anilines is 3. The number of thioether (sulfide) groups is 1. The third-order valence-corrected chi connectivity index (χ3v) is 6.64. The molecule has 0 saturated carbocycles. The Kier molecular flexibility index (Phi) is 7.29. The number of benzene rings is 1. The number of hydrogen-bond donors (Lipinski definition) is 3. The van der Waals surface area contributed by atoms with Crippen LogP contribution in [0.4, 0.5) is 16.6 Å². The molecule has 0 aliphatic carbocycles. The van der Waals surface area contributed by atoms with Gasteiger partial charge in [-0.2, -0.15) is 0 Å². The molecule has 0 saturated heterocycles. The highest BCUT2D eigenvalue weighted by molar-refractivity contribution is 8.01. The van der Waals surface area contributed by atoms with Crippen LogP contribution in [0.25, 0.3) is 0 Å². The number of carbonyl (C=O) groups is 1. The zero-order valence-electron chi connectivity index (χ0n) is 17.5.